The van der Waals surface area contributed by atoms with Gasteiger partial charge in [0.2, 0.25) is 5.91 Å². The standard InChI is InChI=1S/C10H23N3O/c1-5-13(8(2)3)9(4)6-7-10(14)12-11/h8-9H,5-7,11H2,1-4H3,(H,12,14). The van der Waals surface area contributed by atoms with Crippen molar-refractivity contribution in [2.45, 2.75) is 52.6 Å². The minimum Gasteiger partial charge on any atom is -0.299 e. The summed E-state index contributed by atoms with van der Waals surface area (Å²) in [6.07, 6.45) is 1.36. The van der Waals surface area contributed by atoms with E-state index < -0.39 is 0 Å². The molecule has 0 radical (unpaired) electrons. The molecule has 0 fully saturated rings. The summed E-state index contributed by atoms with van der Waals surface area (Å²) in [6, 6.07) is 0.952. The van der Waals surface area contributed by atoms with E-state index in [1.807, 2.05) is 0 Å². The monoisotopic (exact) mass is 201 g/mol. The van der Waals surface area contributed by atoms with Crippen molar-refractivity contribution in [1.29, 1.82) is 0 Å². The van der Waals surface area contributed by atoms with Gasteiger partial charge in [-0.1, -0.05) is 6.92 Å². The third kappa shape index (κ3) is 4.58. The van der Waals surface area contributed by atoms with Crippen molar-refractivity contribution in [1.82, 2.24) is 10.3 Å². The number of rotatable bonds is 6. The second-order valence-corrected chi connectivity index (χ2v) is 3.88. The van der Waals surface area contributed by atoms with E-state index in [9.17, 15) is 4.79 Å². The molecule has 0 aromatic heterocycles. The third-order valence-electron chi connectivity index (χ3n) is 2.54. The fourth-order valence-electron chi connectivity index (χ4n) is 1.76. The summed E-state index contributed by atoms with van der Waals surface area (Å²) >= 11 is 0. The van der Waals surface area contributed by atoms with E-state index in [0.717, 1.165) is 13.0 Å². The van der Waals surface area contributed by atoms with Crippen LogP contribution in [0, 0.1) is 0 Å². The van der Waals surface area contributed by atoms with Crippen molar-refractivity contribution < 1.29 is 4.79 Å². The van der Waals surface area contributed by atoms with E-state index in [0.29, 0.717) is 18.5 Å². The molecular formula is C10H23N3O. The lowest BCUT2D eigenvalue weighted by atomic mass is 10.1. The van der Waals surface area contributed by atoms with E-state index in [1.54, 1.807) is 0 Å². The molecule has 0 heterocycles. The van der Waals surface area contributed by atoms with Crippen LogP contribution in [0.5, 0.6) is 0 Å². The van der Waals surface area contributed by atoms with Crippen molar-refractivity contribution in [3.63, 3.8) is 0 Å². The zero-order valence-electron chi connectivity index (χ0n) is 9.71. The fraction of sp³-hybridized carbons (Fsp3) is 0.900. The number of nitrogens with one attached hydrogen (secondary N) is 1. The highest BCUT2D eigenvalue weighted by atomic mass is 16.2. The highest BCUT2D eigenvalue weighted by Crippen LogP contribution is 2.09. The molecular weight excluding hydrogens is 178 g/mol. The van der Waals surface area contributed by atoms with E-state index in [-0.39, 0.29) is 5.91 Å². The first-order valence-electron chi connectivity index (χ1n) is 5.28. The van der Waals surface area contributed by atoms with Gasteiger partial charge in [-0.3, -0.25) is 15.1 Å². The first-order chi connectivity index (χ1) is 6.52. The van der Waals surface area contributed by atoms with E-state index in [2.05, 4.69) is 38.0 Å². The lowest BCUT2D eigenvalue weighted by Crippen LogP contribution is -2.39. The Morgan fingerprint density at radius 2 is 2.00 bits per heavy atom. The van der Waals surface area contributed by atoms with Gasteiger partial charge in [0.05, 0.1) is 0 Å². The molecule has 0 aromatic carbocycles. The van der Waals surface area contributed by atoms with Crippen LogP contribution in [-0.2, 0) is 4.79 Å². The van der Waals surface area contributed by atoms with Crippen LogP contribution in [0.2, 0.25) is 0 Å². The van der Waals surface area contributed by atoms with E-state index in [1.165, 1.54) is 0 Å². The molecule has 3 N–H and O–H groups in total. The molecule has 0 spiro atoms. The number of nitrogens with zero attached hydrogens (tertiary/aromatic N) is 1. The van der Waals surface area contributed by atoms with Crippen LogP contribution in [-0.4, -0.2) is 29.4 Å². The van der Waals surface area contributed by atoms with Crippen molar-refractivity contribution in [3.8, 4) is 0 Å². The fourth-order valence-corrected chi connectivity index (χ4v) is 1.76. The van der Waals surface area contributed by atoms with E-state index >= 15 is 0 Å². The summed E-state index contributed by atoms with van der Waals surface area (Å²) < 4.78 is 0. The van der Waals surface area contributed by atoms with E-state index in [4.69, 9.17) is 5.84 Å². The number of carbonyl (C=O) groups is 1. The minimum absolute atomic E-state index is 0.0864. The summed E-state index contributed by atoms with van der Waals surface area (Å²) in [7, 11) is 0. The number of hydrogen-bond acceptors (Lipinski definition) is 3. The van der Waals surface area contributed by atoms with Gasteiger partial charge in [0.25, 0.3) is 0 Å². The highest BCUT2D eigenvalue weighted by molar-refractivity contribution is 5.75. The number of hydrazine groups is 1. The molecule has 0 aliphatic carbocycles. The zero-order valence-corrected chi connectivity index (χ0v) is 9.71. The Morgan fingerprint density at radius 1 is 1.43 bits per heavy atom. The molecule has 1 amide bonds. The van der Waals surface area contributed by atoms with Gasteiger partial charge in [0.1, 0.15) is 0 Å². The summed E-state index contributed by atoms with van der Waals surface area (Å²) in [4.78, 5) is 13.3. The molecule has 0 aromatic rings. The topological polar surface area (TPSA) is 58.4 Å². The van der Waals surface area contributed by atoms with Gasteiger partial charge in [-0.2, -0.15) is 0 Å². The van der Waals surface area contributed by atoms with Crippen LogP contribution in [0.15, 0.2) is 0 Å². The molecule has 4 heteroatoms. The molecule has 0 aliphatic heterocycles. The molecule has 1 atom stereocenters. The van der Waals surface area contributed by atoms with Crippen LogP contribution in [0.4, 0.5) is 0 Å². The van der Waals surface area contributed by atoms with Crippen LogP contribution < -0.4 is 11.3 Å². The molecule has 0 bridgehead atoms. The van der Waals surface area contributed by atoms with Crippen LogP contribution >= 0.6 is 0 Å². The number of nitrogens with two attached hydrogens (primary N) is 1. The Bertz CT molecular complexity index is 171. The zero-order chi connectivity index (χ0) is 11.1. The second-order valence-electron chi connectivity index (χ2n) is 3.88. The SMILES string of the molecule is CCN(C(C)C)C(C)CCC(=O)NN. The van der Waals surface area contributed by atoms with Crippen LogP contribution in [0.3, 0.4) is 0 Å². The van der Waals surface area contributed by atoms with Gasteiger partial charge in [-0.25, -0.2) is 5.84 Å². The van der Waals surface area contributed by atoms with Gasteiger partial charge in [0, 0.05) is 18.5 Å². The Labute approximate surface area is 86.8 Å². The maximum atomic E-state index is 10.9. The lowest BCUT2D eigenvalue weighted by Gasteiger charge is -2.31. The molecule has 14 heavy (non-hydrogen) atoms. The summed E-state index contributed by atoms with van der Waals surface area (Å²) in [5.41, 5.74) is 2.15. The Balaban J connectivity index is 3.92. The third-order valence-corrected chi connectivity index (χ3v) is 2.54. The van der Waals surface area contributed by atoms with Gasteiger partial charge < -0.3 is 0 Å². The lowest BCUT2D eigenvalue weighted by molar-refractivity contribution is -0.121. The largest absolute Gasteiger partial charge is 0.299 e. The Morgan fingerprint density at radius 3 is 2.36 bits per heavy atom. The Hall–Kier alpha value is -0.610. The molecule has 0 rings (SSSR count). The van der Waals surface area contributed by atoms with Crippen molar-refractivity contribution in [2.75, 3.05) is 6.54 Å². The number of amides is 1. The quantitative estimate of drug-likeness (QED) is 0.381. The van der Waals surface area contributed by atoms with Crippen LogP contribution in [0.25, 0.3) is 0 Å². The van der Waals surface area contributed by atoms with Crippen molar-refractivity contribution in [2.24, 2.45) is 5.84 Å². The second kappa shape index (κ2) is 6.79. The minimum atomic E-state index is -0.0864. The molecule has 0 saturated carbocycles. The smallest absolute Gasteiger partial charge is 0.233 e. The first kappa shape index (κ1) is 13.4. The summed E-state index contributed by atoms with van der Waals surface area (Å²) in [6.45, 7) is 9.64. The van der Waals surface area contributed by atoms with Crippen LogP contribution in [0.1, 0.15) is 40.5 Å². The predicted octanol–water partition coefficient (Wildman–Crippen LogP) is 0.875. The molecule has 0 saturated heterocycles. The molecule has 1 unspecified atom stereocenters. The summed E-state index contributed by atoms with van der Waals surface area (Å²) in [5, 5.41) is 0. The average molecular weight is 201 g/mol. The average Bonchev–Trinajstić information content (AvgIpc) is 2.14. The van der Waals surface area contributed by atoms with Gasteiger partial charge in [0.15, 0.2) is 0 Å². The van der Waals surface area contributed by atoms with Gasteiger partial charge in [-0.05, 0) is 33.7 Å². The normalized spacial score (nSPS) is 13.4. The van der Waals surface area contributed by atoms with Gasteiger partial charge >= 0.3 is 0 Å². The first-order valence-corrected chi connectivity index (χ1v) is 5.28. The number of hydrogen-bond donors (Lipinski definition) is 2. The molecule has 84 valence electrons. The maximum absolute atomic E-state index is 10.9. The van der Waals surface area contributed by atoms with Crippen molar-refractivity contribution in [3.05, 3.63) is 0 Å². The number of carbonyl (C=O) groups excluding carboxylic acids is 1. The highest BCUT2D eigenvalue weighted by Gasteiger charge is 2.15. The maximum Gasteiger partial charge on any atom is 0.233 e. The molecule has 0 aliphatic rings. The predicted molar refractivity (Wildman–Crippen MR) is 58.5 cm³/mol. The van der Waals surface area contributed by atoms with Crippen molar-refractivity contribution >= 4 is 5.91 Å². The molecule has 4 nitrogen and oxygen atoms in total. The summed E-state index contributed by atoms with van der Waals surface area (Å²) in [5.74, 6) is 4.93. The Kier molecular flexibility index (Phi) is 6.49. The van der Waals surface area contributed by atoms with Gasteiger partial charge in [-0.15, -0.1) is 0 Å².